The van der Waals surface area contributed by atoms with Crippen LogP contribution in [-0.4, -0.2) is 18.3 Å². The summed E-state index contributed by atoms with van der Waals surface area (Å²) in [5.41, 5.74) is 1.03. The summed E-state index contributed by atoms with van der Waals surface area (Å²) in [6.07, 6.45) is 2.67. The molecule has 2 aromatic rings. The topological polar surface area (TPSA) is 37.6 Å². The maximum absolute atomic E-state index is 5.63. The van der Waals surface area contributed by atoms with Crippen LogP contribution in [0.25, 0.3) is 0 Å². The van der Waals surface area contributed by atoms with Crippen molar-refractivity contribution in [1.82, 2.24) is 5.32 Å². The molecule has 0 amide bonds. The quantitative estimate of drug-likeness (QED) is 0.875. The van der Waals surface area contributed by atoms with Gasteiger partial charge in [0, 0.05) is 5.69 Å². The number of anilines is 1. The third-order valence-corrected chi connectivity index (χ3v) is 4.13. The highest BCUT2D eigenvalue weighted by Gasteiger charge is 2.39. The minimum absolute atomic E-state index is 0.0749. The molecule has 1 aliphatic rings. The number of methoxy groups -OCH3 is 1. The van der Waals surface area contributed by atoms with Crippen LogP contribution in [0.4, 0.5) is 5.69 Å². The van der Waals surface area contributed by atoms with Gasteiger partial charge in [-0.25, -0.2) is 0 Å². The number of nitrogens with zero attached hydrogens (tertiary/aromatic N) is 1. The van der Waals surface area contributed by atoms with Gasteiger partial charge in [-0.1, -0.05) is 6.92 Å². The molecule has 1 aromatic heterocycles. The van der Waals surface area contributed by atoms with Gasteiger partial charge in [0.1, 0.15) is 17.6 Å². The van der Waals surface area contributed by atoms with Crippen LogP contribution in [0.15, 0.2) is 47.1 Å². The fourth-order valence-electron chi connectivity index (χ4n) is 2.74. The Labute approximate surface area is 129 Å². The normalized spacial score (nSPS) is 21.4. The number of benzene rings is 1. The predicted molar refractivity (Wildman–Crippen MR) is 86.7 cm³/mol. The molecule has 0 aliphatic carbocycles. The van der Waals surface area contributed by atoms with Crippen LogP contribution < -0.4 is 15.0 Å². The molecule has 110 valence electrons. The molecular formula is C16H18N2O2S. The molecule has 1 aliphatic heterocycles. The fraction of sp³-hybridized carbons (Fsp3) is 0.312. The summed E-state index contributed by atoms with van der Waals surface area (Å²) in [5, 5.41) is 4.12. The summed E-state index contributed by atoms with van der Waals surface area (Å²) in [7, 11) is 1.66. The standard InChI is InChI=1S/C16H18N2O2S/c1-3-13-15(14-5-4-10-20-14)18(16(21)17-13)11-6-8-12(19-2)9-7-11/h4-10,13,15H,3H2,1-2H3,(H,17,21)/t13-,15-/m1/s1. The summed E-state index contributed by atoms with van der Waals surface area (Å²) in [6, 6.07) is 12.1. The van der Waals surface area contributed by atoms with Gasteiger partial charge in [-0.3, -0.25) is 0 Å². The van der Waals surface area contributed by atoms with Gasteiger partial charge in [0.2, 0.25) is 0 Å². The summed E-state index contributed by atoms with van der Waals surface area (Å²) >= 11 is 5.52. The molecule has 1 saturated heterocycles. The molecule has 1 aromatic carbocycles. The second kappa shape index (κ2) is 5.77. The molecule has 0 unspecified atom stereocenters. The maximum Gasteiger partial charge on any atom is 0.174 e. The first kappa shape index (κ1) is 13.9. The van der Waals surface area contributed by atoms with Crippen molar-refractivity contribution in [2.75, 3.05) is 12.0 Å². The van der Waals surface area contributed by atoms with Gasteiger partial charge in [0.15, 0.2) is 5.11 Å². The Bertz CT molecular complexity index is 610. The first-order valence-electron chi connectivity index (χ1n) is 7.01. The smallest absolute Gasteiger partial charge is 0.174 e. The number of nitrogens with one attached hydrogen (secondary N) is 1. The van der Waals surface area contributed by atoms with Crippen molar-refractivity contribution in [3.05, 3.63) is 48.4 Å². The molecule has 1 N–H and O–H groups in total. The van der Waals surface area contributed by atoms with E-state index in [4.69, 9.17) is 21.4 Å². The number of ether oxygens (including phenoxy) is 1. The highest BCUT2D eigenvalue weighted by Crippen LogP contribution is 2.36. The Morgan fingerprint density at radius 3 is 2.62 bits per heavy atom. The Morgan fingerprint density at radius 2 is 2.05 bits per heavy atom. The number of hydrogen-bond donors (Lipinski definition) is 1. The van der Waals surface area contributed by atoms with E-state index in [9.17, 15) is 0 Å². The SMILES string of the molecule is CC[C@H]1NC(=S)N(c2ccc(OC)cc2)[C@H]1c1ccco1. The number of furan rings is 1. The van der Waals surface area contributed by atoms with Crippen molar-refractivity contribution >= 4 is 23.0 Å². The highest BCUT2D eigenvalue weighted by atomic mass is 32.1. The summed E-state index contributed by atoms with van der Waals surface area (Å²) < 4.78 is 10.8. The van der Waals surface area contributed by atoms with Gasteiger partial charge in [0.25, 0.3) is 0 Å². The lowest BCUT2D eigenvalue weighted by molar-refractivity contribution is 0.414. The first-order valence-corrected chi connectivity index (χ1v) is 7.42. The number of hydrogen-bond acceptors (Lipinski definition) is 3. The highest BCUT2D eigenvalue weighted by molar-refractivity contribution is 7.80. The zero-order valence-corrected chi connectivity index (χ0v) is 12.9. The second-order valence-corrected chi connectivity index (χ2v) is 5.38. The Kier molecular flexibility index (Phi) is 3.84. The minimum atomic E-state index is 0.0749. The van der Waals surface area contributed by atoms with E-state index in [1.807, 2.05) is 36.4 Å². The lowest BCUT2D eigenvalue weighted by Crippen LogP contribution is -2.29. The van der Waals surface area contributed by atoms with Crippen LogP contribution in [-0.2, 0) is 0 Å². The van der Waals surface area contributed by atoms with E-state index >= 15 is 0 Å². The largest absolute Gasteiger partial charge is 0.497 e. The Hall–Kier alpha value is -2.01. The van der Waals surface area contributed by atoms with Gasteiger partial charge >= 0.3 is 0 Å². The average molecular weight is 302 g/mol. The monoisotopic (exact) mass is 302 g/mol. The lowest BCUT2D eigenvalue weighted by atomic mass is 10.0. The number of rotatable bonds is 4. The molecule has 3 rings (SSSR count). The van der Waals surface area contributed by atoms with Gasteiger partial charge in [-0.05, 0) is 55.0 Å². The van der Waals surface area contributed by atoms with Crippen LogP contribution in [0, 0.1) is 0 Å². The molecule has 1 fully saturated rings. The molecular weight excluding hydrogens is 284 g/mol. The Morgan fingerprint density at radius 1 is 1.29 bits per heavy atom. The molecule has 0 radical (unpaired) electrons. The van der Waals surface area contributed by atoms with Gasteiger partial charge in [-0.2, -0.15) is 0 Å². The first-order chi connectivity index (χ1) is 10.2. The molecule has 0 bridgehead atoms. The molecule has 0 spiro atoms. The van der Waals surface area contributed by atoms with Crippen molar-refractivity contribution in [3.63, 3.8) is 0 Å². The third-order valence-electron chi connectivity index (χ3n) is 3.81. The van der Waals surface area contributed by atoms with E-state index in [0.717, 1.165) is 28.7 Å². The van der Waals surface area contributed by atoms with E-state index in [1.165, 1.54) is 0 Å². The molecule has 0 saturated carbocycles. The van der Waals surface area contributed by atoms with Crippen LogP contribution >= 0.6 is 12.2 Å². The number of thiocarbonyl (C=S) groups is 1. The van der Waals surface area contributed by atoms with E-state index in [1.54, 1.807) is 13.4 Å². The van der Waals surface area contributed by atoms with Gasteiger partial charge in [-0.15, -0.1) is 0 Å². The maximum atomic E-state index is 5.63. The predicted octanol–water partition coefficient (Wildman–Crippen LogP) is 3.50. The van der Waals surface area contributed by atoms with Crippen molar-refractivity contribution < 1.29 is 9.15 Å². The van der Waals surface area contributed by atoms with Crippen LogP contribution in [0.5, 0.6) is 5.75 Å². The summed E-state index contributed by atoms with van der Waals surface area (Å²) in [6.45, 7) is 2.15. The van der Waals surface area contributed by atoms with Crippen LogP contribution in [0.3, 0.4) is 0 Å². The van der Waals surface area contributed by atoms with Crippen molar-refractivity contribution in [1.29, 1.82) is 0 Å². The van der Waals surface area contributed by atoms with Crippen molar-refractivity contribution in [2.24, 2.45) is 0 Å². The van der Waals surface area contributed by atoms with E-state index in [0.29, 0.717) is 0 Å². The molecule has 2 atom stereocenters. The molecule has 2 heterocycles. The zero-order chi connectivity index (χ0) is 14.8. The van der Waals surface area contributed by atoms with Gasteiger partial charge in [0.05, 0.1) is 19.4 Å². The third kappa shape index (κ3) is 2.49. The molecule has 5 heteroatoms. The van der Waals surface area contributed by atoms with Crippen LogP contribution in [0.1, 0.15) is 25.1 Å². The summed E-state index contributed by atoms with van der Waals surface area (Å²) in [5.74, 6) is 1.75. The molecule has 21 heavy (non-hydrogen) atoms. The molecule has 4 nitrogen and oxygen atoms in total. The van der Waals surface area contributed by atoms with E-state index in [2.05, 4.69) is 17.1 Å². The van der Waals surface area contributed by atoms with E-state index in [-0.39, 0.29) is 12.1 Å². The van der Waals surface area contributed by atoms with Crippen molar-refractivity contribution in [3.8, 4) is 5.75 Å². The second-order valence-electron chi connectivity index (χ2n) is 4.99. The summed E-state index contributed by atoms with van der Waals surface area (Å²) in [4.78, 5) is 2.11. The fourth-order valence-corrected chi connectivity index (χ4v) is 3.11. The Balaban J connectivity index is 1.98. The zero-order valence-electron chi connectivity index (χ0n) is 12.1. The van der Waals surface area contributed by atoms with Gasteiger partial charge < -0.3 is 19.4 Å². The lowest BCUT2D eigenvalue weighted by Gasteiger charge is -2.25. The van der Waals surface area contributed by atoms with Crippen molar-refractivity contribution in [2.45, 2.75) is 25.4 Å². The average Bonchev–Trinajstić information content (AvgIpc) is 3.14. The van der Waals surface area contributed by atoms with Crippen LogP contribution in [0.2, 0.25) is 0 Å². The minimum Gasteiger partial charge on any atom is -0.497 e. The van der Waals surface area contributed by atoms with E-state index < -0.39 is 0 Å².